The molecular formula is C35H47N5O5. The summed E-state index contributed by atoms with van der Waals surface area (Å²) in [6, 6.07) is 12.2. The van der Waals surface area contributed by atoms with Crippen molar-refractivity contribution in [3.05, 3.63) is 58.7 Å². The fourth-order valence-corrected chi connectivity index (χ4v) is 7.59. The Hall–Kier alpha value is -3.63. The monoisotopic (exact) mass is 617 g/mol. The van der Waals surface area contributed by atoms with Gasteiger partial charge in [0.25, 0.3) is 0 Å². The van der Waals surface area contributed by atoms with Gasteiger partial charge >= 0.3 is 6.03 Å². The third-order valence-electron chi connectivity index (χ3n) is 10.3. The molecule has 0 saturated carbocycles. The molecule has 45 heavy (non-hydrogen) atoms. The Labute approximate surface area is 266 Å². The van der Waals surface area contributed by atoms with Crippen LogP contribution in [0, 0.1) is 19.8 Å². The largest absolute Gasteiger partial charge is 0.507 e. The van der Waals surface area contributed by atoms with E-state index in [1.165, 1.54) is 0 Å². The zero-order valence-electron chi connectivity index (χ0n) is 26.7. The number of rotatable bonds is 7. The Morgan fingerprint density at radius 2 is 1.58 bits per heavy atom. The maximum absolute atomic E-state index is 14.1. The van der Waals surface area contributed by atoms with Crippen LogP contribution in [0.15, 0.2) is 36.4 Å². The summed E-state index contributed by atoms with van der Waals surface area (Å²) in [4.78, 5) is 48.9. The maximum atomic E-state index is 14.1. The van der Waals surface area contributed by atoms with Crippen LogP contribution in [-0.2, 0) is 27.3 Å². The number of hydrogen-bond acceptors (Lipinski definition) is 6. The molecule has 10 heteroatoms. The van der Waals surface area contributed by atoms with E-state index in [0.717, 1.165) is 67.1 Å². The number of nitrogens with one attached hydrogen (secondary N) is 1. The lowest BCUT2D eigenvalue weighted by Crippen LogP contribution is -2.54. The van der Waals surface area contributed by atoms with Crippen LogP contribution in [0.5, 0.6) is 5.75 Å². The van der Waals surface area contributed by atoms with Gasteiger partial charge in [-0.25, -0.2) is 4.79 Å². The summed E-state index contributed by atoms with van der Waals surface area (Å²) >= 11 is 0. The van der Waals surface area contributed by atoms with E-state index in [9.17, 15) is 19.5 Å². The summed E-state index contributed by atoms with van der Waals surface area (Å²) in [5, 5.41) is 13.3. The van der Waals surface area contributed by atoms with Crippen molar-refractivity contribution < 1.29 is 24.2 Å². The predicted molar refractivity (Wildman–Crippen MR) is 172 cm³/mol. The van der Waals surface area contributed by atoms with E-state index in [0.29, 0.717) is 58.0 Å². The minimum absolute atomic E-state index is 0.00620. The molecule has 242 valence electrons. The van der Waals surface area contributed by atoms with Crippen molar-refractivity contribution in [2.24, 2.45) is 5.92 Å². The van der Waals surface area contributed by atoms with Crippen LogP contribution < -0.4 is 5.32 Å². The van der Waals surface area contributed by atoms with E-state index in [4.69, 9.17) is 4.74 Å². The van der Waals surface area contributed by atoms with Crippen molar-refractivity contribution in [1.82, 2.24) is 19.6 Å². The van der Waals surface area contributed by atoms with E-state index < -0.39 is 5.92 Å². The Bertz CT molecular complexity index is 1370. The average Bonchev–Trinajstić information content (AvgIpc) is 3.06. The minimum atomic E-state index is -0.474. The van der Waals surface area contributed by atoms with Gasteiger partial charge in [0.2, 0.25) is 11.8 Å². The molecule has 2 aromatic rings. The SMILES string of the molecule is Cc1cc(C[C@@H](CC(=O)N2CCC(N3Cc4ccccc4NC3=O)CC2)C(=O)N2CCN(C3CCOCC3)CC2)cc(C)c1O. The number of piperidine rings is 1. The van der Waals surface area contributed by atoms with Crippen molar-refractivity contribution in [1.29, 1.82) is 0 Å². The molecule has 2 aromatic carbocycles. The number of likely N-dealkylation sites (tertiary alicyclic amines) is 1. The Morgan fingerprint density at radius 3 is 2.27 bits per heavy atom. The predicted octanol–water partition coefficient (Wildman–Crippen LogP) is 3.92. The zero-order chi connectivity index (χ0) is 31.5. The lowest BCUT2D eigenvalue weighted by Gasteiger charge is -2.42. The number of benzene rings is 2. The molecule has 10 nitrogen and oxygen atoms in total. The molecule has 0 radical (unpaired) electrons. The third kappa shape index (κ3) is 7.12. The van der Waals surface area contributed by atoms with Gasteiger partial charge in [-0.1, -0.05) is 30.3 Å². The van der Waals surface area contributed by atoms with Crippen LogP contribution in [0.25, 0.3) is 0 Å². The number of carbonyl (C=O) groups excluding carboxylic acids is 3. The van der Waals surface area contributed by atoms with Crippen molar-refractivity contribution >= 4 is 23.5 Å². The zero-order valence-corrected chi connectivity index (χ0v) is 26.7. The van der Waals surface area contributed by atoms with E-state index in [2.05, 4.69) is 10.2 Å². The van der Waals surface area contributed by atoms with Gasteiger partial charge in [-0.15, -0.1) is 0 Å². The molecule has 3 saturated heterocycles. The molecular weight excluding hydrogens is 570 g/mol. The number of hydrogen-bond donors (Lipinski definition) is 2. The van der Waals surface area contributed by atoms with Crippen molar-refractivity contribution in [2.75, 3.05) is 57.8 Å². The average molecular weight is 618 g/mol. The molecule has 4 aliphatic heterocycles. The first kappa shape index (κ1) is 31.4. The number of nitrogens with zero attached hydrogens (tertiary/aromatic N) is 4. The molecule has 6 rings (SSSR count). The summed E-state index contributed by atoms with van der Waals surface area (Å²) in [6.45, 7) is 10.1. The number of urea groups is 1. The first-order chi connectivity index (χ1) is 21.8. The van der Waals surface area contributed by atoms with Crippen molar-refractivity contribution in [3.63, 3.8) is 0 Å². The van der Waals surface area contributed by atoms with Gasteiger partial charge in [0, 0.05) is 83.2 Å². The first-order valence-corrected chi connectivity index (χ1v) is 16.6. The molecule has 0 spiro atoms. The normalized spacial score (nSPS) is 20.9. The number of carbonyl (C=O) groups is 3. The lowest BCUT2D eigenvalue weighted by atomic mass is 9.91. The van der Waals surface area contributed by atoms with Crippen LogP contribution in [0.2, 0.25) is 0 Å². The Kier molecular flexibility index (Phi) is 9.61. The molecule has 0 aliphatic carbocycles. The highest BCUT2D eigenvalue weighted by atomic mass is 16.5. The van der Waals surface area contributed by atoms with Crippen molar-refractivity contribution in [2.45, 2.75) is 71.0 Å². The first-order valence-electron chi connectivity index (χ1n) is 16.6. The highest BCUT2D eigenvalue weighted by Gasteiger charge is 2.36. The number of ether oxygens (including phenoxy) is 1. The van der Waals surface area contributed by atoms with Gasteiger partial charge in [-0.2, -0.15) is 0 Å². The van der Waals surface area contributed by atoms with Gasteiger partial charge in [0.05, 0.1) is 5.92 Å². The molecule has 0 unspecified atom stereocenters. The van der Waals surface area contributed by atoms with E-state index in [1.54, 1.807) is 0 Å². The highest BCUT2D eigenvalue weighted by molar-refractivity contribution is 5.92. The van der Waals surface area contributed by atoms with E-state index in [-0.39, 0.29) is 36.1 Å². The van der Waals surface area contributed by atoms with E-state index >= 15 is 0 Å². The molecule has 4 heterocycles. The van der Waals surface area contributed by atoms with Crippen molar-refractivity contribution in [3.8, 4) is 5.75 Å². The number of para-hydroxylation sites is 1. The number of phenolic OH excluding ortho intramolecular Hbond substituents is 1. The third-order valence-corrected chi connectivity index (χ3v) is 10.3. The van der Waals surface area contributed by atoms with Crippen LogP contribution in [0.1, 0.15) is 54.4 Å². The summed E-state index contributed by atoms with van der Waals surface area (Å²) in [6.07, 6.45) is 4.11. The molecule has 0 bridgehead atoms. The second kappa shape index (κ2) is 13.8. The number of aryl methyl sites for hydroxylation is 2. The van der Waals surface area contributed by atoms with Crippen LogP contribution >= 0.6 is 0 Å². The topological polar surface area (TPSA) is 106 Å². The number of piperazine rings is 1. The summed E-state index contributed by atoms with van der Waals surface area (Å²) < 4.78 is 5.54. The number of aromatic hydroxyl groups is 1. The number of amides is 4. The second-order valence-electron chi connectivity index (χ2n) is 13.2. The fourth-order valence-electron chi connectivity index (χ4n) is 7.59. The Balaban J connectivity index is 1.09. The molecule has 1 atom stereocenters. The fraction of sp³-hybridized carbons (Fsp3) is 0.571. The van der Waals surface area contributed by atoms with Crippen LogP contribution in [-0.4, -0.2) is 107 Å². The summed E-state index contributed by atoms with van der Waals surface area (Å²) in [5.41, 5.74) is 4.49. The molecule has 4 aliphatic rings. The van der Waals surface area contributed by atoms with Crippen LogP contribution in [0.3, 0.4) is 0 Å². The molecule has 4 amide bonds. The highest BCUT2D eigenvalue weighted by Crippen LogP contribution is 2.30. The maximum Gasteiger partial charge on any atom is 0.322 e. The summed E-state index contributed by atoms with van der Waals surface area (Å²) in [5.74, 6) is -0.168. The van der Waals surface area contributed by atoms with Gasteiger partial charge in [0.1, 0.15) is 5.75 Å². The number of phenols is 1. The number of fused-ring (bicyclic) bond motifs is 1. The van der Waals surface area contributed by atoms with Crippen LogP contribution in [0.4, 0.5) is 10.5 Å². The second-order valence-corrected chi connectivity index (χ2v) is 13.2. The standard InChI is InChI=1S/C35H47N5O5/c1-24-19-26(20-25(2)33(24)42)21-28(34(43)39-15-13-37(14-16-39)29-9-17-45-18-10-29)22-32(41)38-11-7-30(8-12-38)40-23-27-5-3-4-6-31(27)36-35(40)44/h3-6,19-20,28-30,42H,7-18,21-23H2,1-2H3,(H,36,44)/t28-/m0/s1. The Morgan fingerprint density at radius 1 is 0.911 bits per heavy atom. The lowest BCUT2D eigenvalue weighted by molar-refractivity contribution is -0.143. The number of anilines is 1. The molecule has 3 fully saturated rings. The smallest absolute Gasteiger partial charge is 0.322 e. The van der Waals surface area contributed by atoms with Gasteiger partial charge in [-0.3, -0.25) is 14.5 Å². The molecule has 2 N–H and O–H groups in total. The van der Waals surface area contributed by atoms with Gasteiger partial charge in [0.15, 0.2) is 0 Å². The van der Waals surface area contributed by atoms with E-state index in [1.807, 2.05) is 64.9 Å². The van der Waals surface area contributed by atoms with Gasteiger partial charge in [-0.05, 0) is 74.3 Å². The molecule has 0 aromatic heterocycles. The summed E-state index contributed by atoms with van der Waals surface area (Å²) in [7, 11) is 0. The quantitative estimate of drug-likeness (QED) is 0.488. The van der Waals surface area contributed by atoms with Gasteiger partial charge < -0.3 is 29.9 Å². The minimum Gasteiger partial charge on any atom is -0.507 e.